The van der Waals surface area contributed by atoms with Gasteiger partial charge in [0.15, 0.2) is 0 Å². The lowest BCUT2D eigenvalue weighted by molar-refractivity contribution is -0.137. The predicted molar refractivity (Wildman–Crippen MR) is 105 cm³/mol. The Kier molecular flexibility index (Phi) is 4.51. The highest BCUT2D eigenvalue weighted by Gasteiger charge is 2.36. The van der Waals surface area contributed by atoms with E-state index in [0.29, 0.717) is 17.8 Å². The van der Waals surface area contributed by atoms with E-state index in [1.54, 1.807) is 0 Å². The van der Waals surface area contributed by atoms with E-state index in [2.05, 4.69) is 0 Å². The molecule has 0 aromatic heterocycles. The molecule has 1 heterocycles. The lowest BCUT2D eigenvalue weighted by Gasteiger charge is -2.43. The molecule has 3 aromatic carbocycles. The van der Waals surface area contributed by atoms with Crippen molar-refractivity contribution >= 4 is 17.1 Å². The first-order chi connectivity index (χ1) is 13.4. The summed E-state index contributed by atoms with van der Waals surface area (Å²) < 4.78 is 39.0. The zero-order chi connectivity index (χ0) is 19.9. The lowest BCUT2D eigenvalue weighted by atomic mass is 9.86. The van der Waals surface area contributed by atoms with Crippen LogP contribution in [-0.4, -0.2) is 6.04 Å². The Morgan fingerprint density at radius 1 is 0.857 bits per heavy atom. The maximum Gasteiger partial charge on any atom is 0.416 e. The minimum absolute atomic E-state index is 0.216. The maximum atomic E-state index is 13.0. The van der Waals surface area contributed by atoms with Gasteiger partial charge in [0.1, 0.15) is 0 Å². The molecule has 0 bridgehead atoms. The summed E-state index contributed by atoms with van der Waals surface area (Å²) in [7, 11) is 0. The molecule has 4 rings (SSSR count). The molecule has 3 aromatic rings. The molecule has 0 amide bonds. The van der Waals surface area contributed by atoms with Gasteiger partial charge in [-0.3, -0.25) is 0 Å². The summed E-state index contributed by atoms with van der Waals surface area (Å²) in [6.07, 6.45) is -3.78. The van der Waals surface area contributed by atoms with Crippen molar-refractivity contribution < 1.29 is 13.2 Å². The van der Waals surface area contributed by atoms with E-state index in [4.69, 9.17) is 11.5 Å². The second-order valence-electron chi connectivity index (χ2n) is 6.98. The van der Waals surface area contributed by atoms with Crippen LogP contribution in [0.1, 0.15) is 22.7 Å². The summed E-state index contributed by atoms with van der Waals surface area (Å²) in [6, 6.07) is 20.1. The summed E-state index contributed by atoms with van der Waals surface area (Å²) in [5.74, 6) is 0. The summed E-state index contributed by atoms with van der Waals surface area (Å²) in [5.41, 5.74) is 16.1. The zero-order valence-corrected chi connectivity index (χ0v) is 15.0. The minimum atomic E-state index is -4.38. The van der Waals surface area contributed by atoms with Crippen molar-refractivity contribution in [1.82, 2.24) is 0 Å². The number of halogens is 3. The first-order valence-corrected chi connectivity index (χ1v) is 9.00. The van der Waals surface area contributed by atoms with Crippen LogP contribution in [0.4, 0.5) is 30.2 Å². The maximum absolute atomic E-state index is 13.0. The molecular formula is C22H20F3N3. The third-order valence-electron chi connectivity index (χ3n) is 5.18. The highest BCUT2D eigenvalue weighted by Crippen LogP contribution is 2.45. The van der Waals surface area contributed by atoms with Crippen LogP contribution in [0, 0.1) is 0 Å². The van der Waals surface area contributed by atoms with Crippen molar-refractivity contribution in [2.75, 3.05) is 10.6 Å². The van der Waals surface area contributed by atoms with Crippen molar-refractivity contribution in [2.45, 2.75) is 24.7 Å². The van der Waals surface area contributed by atoms with Crippen LogP contribution in [0.25, 0.3) is 0 Å². The minimum Gasteiger partial charge on any atom is -0.398 e. The van der Waals surface area contributed by atoms with Gasteiger partial charge in [-0.15, -0.1) is 0 Å². The zero-order valence-electron chi connectivity index (χ0n) is 15.0. The van der Waals surface area contributed by atoms with Gasteiger partial charge in [0.05, 0.1) is 11.6 Å². The lowest BCUT2D eigenvalue weighted by Crippen LogP contribution is -2.44. The van der Waals surface area contributed by atoms with Crippen LogP contribution < -0.4 is 16.4 Å². The van der Waals surface area contributed by atoms with Crippen molar-refractivity contribution in [3.8, 4) is 0 Å². The van der Waals surface area contributed by atoms with Gasteiger partial charge in [-0.1, -0.05) is 36.4 Å². The quantitative estimate of drug-likeness (QED) is 0.609. The number of hydrogen-bond acceptors (Lipinski definition) is 3. The standard InChI is InChI=1S/C22H20F3N3/c23-22(24,25)15-9-11-16(12-10-15)28-20-8-4-7-18(26)17(20)13-19(27)21(28)14-5-2-1-3-6-14/h1-12,19,21H,13,26-27H2. The summed E-state index contributed by atoms with van der Waals surface area (Å²) >= 11 is 0. The average molecular weight is 383 g/mol. The molecule has 1 aliphatic heterocycles. The third-order valence-corrected chi connectivity index (χ3v) is 5.18. The molecule has 1 aliphatic rings. The molecule has 6 heteroatoms. The van der Waals surface area contributed by atoms with Crippen molar-refractivity contribution in [3.63, 3.8) is 0 Å². The Labute approximate surface area is 161 Å². The molecule has 28 heavy (non-hydrogen) atoms. The van der Waals surface area contributed by atoms with Crippen LogP contribution in [0.3, 0.4) is 0 Å². The molecule has 0 radical (unpaired) electrons. The van der Waals surface area contributed by atoms with Crippen molar-refractivity contribution in [1.29, 1.82) is 0 Å². The number of fused-ring (bicyclic) bond motifs is 1. The van der Waals surface area contributed by atoms with Crippen LogP contribution in [-0.2, 0) is 12.6 Å². The van der Waals surface area contributed by atoms with E-state index in [-0.39, 0.29) is 12.1 Å². The molecule has 4 N–H and O–H groups in total. The third kappa shape index (κ3) is 3.20. The second-order valence-corrected chi connectivity index (χ2v) is 6.98. The molecule has 3 nitrogen and oxygen atoms in total. The van der Waals surface area contributed by atoms with Crippen LogP contribution >= 0.6 is 0 Å². The SMILES string of the molecule is Nc1cccc2c1CC(N)C(c1ccccc1)N2c1ccc(C(F)(F)F)cc1. The van der Waals surface area contributed by atoms with E-state index in [0.717, 1.165) is 28.9 Å². The number of nitrogen functional groups attached to an aromatic ring is 1. The van der Waals surface area contributed by atoms with Crippen LogP contribution in [0.2, 0.25) is 0 Å². The topological polar surface area (TPSA) is 55.3 Å². The average Bonchev–Trinajstić information content (AvgIpc) is 2.68. The van der Waals surface area contributed by atoms with E-state index in [1.165, 1.54) is 12.1 Å². The predicted octanol–water partition coefficient (Wildman–Crippen LogP) is 5.05. The van der Waals surface area contributed by atoms with Crippen LogP contribution in [0.15, 0.2) is 72.8 Å². The first kappa shape index (κ1) is 18.4. The van der Waals surface area contributed by atoms with Crippen LogP contribution in [0.5, 0.6) is 0 Å². The molecule has 0 saturated heterocycles. The monoisotopic (exact) mass is 383 g/mol. The highest BCUT2D eigenvalue weighted by atomic mass is 19.4. The summed E-state index contributed by atoms with van der Waals surface area (Å²) in [6.45, 7) is 0. The number of nitrogens with zero attached hydrogens (tertiary/aromatic N) is 1. The van der Waals surface area contributed by atoms with E-state index >= 15 is 0 Å². The van der Waals surface area contributed by atoms with Gasteiger partial charge in [-0.25, -0.2) is 0 Å². The number of anilines is 3. The fraction of sp³-hybridized carbons (Fsp3) is 0.182. The summed E-state index contributed by atoms with van der Waals surface area (Å²) in [4.78, 5) is 2.00. The van der Waals surface area contributed by atoms with Gasteiger partial charge >= 0.3 is 6.18 Å². The Morgan fingerprint density at radius 2 is 1.54 bits per heavy atom. The van der Waals surface area contributed by atoms with Gasteiger partial charge in [0.2, 0.25) is 0 Å². The van der Waals surface area contributed by atoms with Crippen molar-refractivity contribution in [2.24, 2.45) is 5.73 Å². The number of nitrogens with two attached hydrogens (primary N) is 2. The molecular weight excluding hydrogens is 363 g/mol. The van der Waals surface area contributed by atoms with E-state index < -0.39 is 11.7 Å². The largest absolute Gasteiger partial charge is 0.416 e. The Hall–Kier alpha value is -2.99. The molecule has 0 saturated carbocycles. The Morgan fingerprint density at radius 3 is 2.18 bits per heavy atom. The Balaban J connectivity index is 1.87. The number of hydrogen-bond donors (Lipinski definition) is 2. The molecule has 0 spiro atoms. The first-order valence-electron chi connectivity index (χ1n) is 9.00. The Bertz CT molecular complexity index is 969. The summed E-state index contributed by atoms with van der Waals surface area (Å²) in [5, 5.41) is 0. The molecule has 144 valence electrons. The van der Waals surface area contributed by atoms with Gasteiger partial charge in [-0.05, 0) is 48.4 Å². The smallest absolute Gasteiger partial charge is 0.398 e. The number of alkyl halides is 3. The highest BCUT2D eigenvalue weighted by molar-refractivity contribution is 5.75. The second kappa shape index (κ2) is 6.87. The molecule has 0 aliphatic carbocycles. The van der Waals surface area contributed by atoms with Gasteiger partial charge < -0.3 is 16.4 Å². The number of benzene rings is 3. The number of rotatable bonds is 2. The van der Waals surface area contributed by atoms with Gasteiger partial charge in [0, 0.05) is 28.7 Å². The fourth-order valence-corrected chi connectivity index (χ4v) is 3.89. The van der Waals surface area contributed by atoms with Gasteiger partial charge in [-0.2, -0.15) is 13.2 Å². The van der Waals surface area contributed by atoms with Crippen molar-refractivity contribution in [3.05, 3.63) is 89.5 Å². The molecule has 2 atom stereocenters. The fourth-order valence-electron chi connectivity index (χ4n) is 3.89. The molecule has 0 fully saturated rings. The van der Waals surface area contributed by atoms with E-state index in [9.17, 15) is 13.2 Å². The van der Waals surface area contributed by atoms with E-state index in [1.807, 2.05) is 53.4 Å². The normalized spacial score (nSPS) is 19.4. The van der Waals surface area contributed by atoms with Gasteiger partial charge in [0.25, 0.3) is 0 Å². The molecule has 2 unspecified atom stereocenters.